The number of ether oxygens (including phenoxy) is 1. The lowest BCUT2D eigenvalue weighted by Crippen LogP contribution is -2.17. The number of rotatable bonds is 3. The third-order valence-electron chi connectivity index (χ3n) is 3.40. The van der Waals surface area contributed by atoms with Crippen molar-refractivity contribution in [1.82, 2.24) is 14.5 Å². The summed E-state index contributed by atoms with van der Waals surface area (Å²) in [5.41, 5.74) is 2.38. The second kappa shape index (κ2) is 5.45. The Bertz CT molecular complexity index is 827. The van der Waals surface area contributed by atoms with Crippen molar-refractivity contribution in [1.29, 1.82) is 0 Å². The standard InChI is InChI=1S/C15H13F3N4O/c1-21-9-20-12-8-19-14(7-13(12)21)22(2)10-3-5-11(6-4-10)23-15(16,17)18/h3-9H,1-2H3. The predicted molar refractivity (Wildman–Crippen MR) is 79.7 cm³/mol. The Hall–Kier alpha value is -2.77. The lowest BCUT2D eigenvalue weighted by molar-refractivity contribution is -0.274. The third kappa shape index (κ3) is 3.20. The summed E-state index contributed by atoms with van der Waals surface area (Å²) in [5, 5.41) is 0. The molecule has 1 aromatic carbocycles. The van der Waals surface area contributed by atoms with Crippen molar-refractivity contribution in [2.45, 2.75) is 6.36 Å². The van der Waals surface area contributed by atoms with Gasteiger partial charge in [0.15, 0.2) is 0 Å². The number of hydrogen-bond donors (Lipinski definition) is 0. The monoisotopic (exact) mass is 322 g/mol. The number of hydrogen-bond acceptors (Lipinski definition) is 4. The molecular formula is C15H13F3N4O. The average Bonchev–Trinajstić information content (AvgIpc) is 2.87. The fourth-order valence-electron chi connectivity index (χ4n) is 2.21. The first-order chi connectivity index (χ1) is 10.8. The Balaban J connectivity index is 1.86. The van der Waals surface area contributed by atoms with E-state index in [1.54, 1.807) is 24.5 Å². The zero-order valence-corrected chi connectivity index (χ0v) is 12.4. The van der Waals surface area contributed by atoms with E-state index in [-0.39, 0.29) is 5.75 Å². The highest BCUT2D eigenvalue weighted by molar-refractivity contribution is 5.78. The van der Waals surface area contributed by atoms with Gasteiger partial charge in [0.05, 0.1) is 18.0 Å². The van der Waals surface area contributed by atoms with E-state index in [2.05, 4.69) is 14.7 Å². The highest BCUT2D eigenvalue weighted by Gasteiger charge is 2.31. The maximum absolute atomic E-state index is 12.2. The van der Waals surface area contributed by atoms with Gasteiger partial charge in [0.2, 0.25) is 0 Å². The second-order valence-electron chi connectivity index (χ2n) is 4.99. The molecule has 0 N–H and O–H groups in total. The molecule has 0 aliphatic heterocycles. The van der Waals surface area contributed by atoms with Gasteiger partial charge in [-0.1, -0.05) is 0 Å². The van der Waals surface area contributed by atoms with E-state index in [0.29, 0.717) is 11.5 Å². The normalized spacial score (nSPS) is 11.7. The van der Waals surface area contributed by atoms with Gasteiger partial charge in [-0.15, -0.1) is 13.2 Å². The fraction of sp³-hybridized carbons (Fsp3) is 0.200. The minimum Gasteiger partial charge on any atom is -0.406 e. The molecule has 120 valence electrons. The molecule has 2 aromatic heterocycles. The van der Waals surface area contributed by atoms with Crippen molar-refractivity contribution < 1.29 is 17.9 Å². The van der Waals surface area contributed by atoms with E-state index in [4.69, 9.17) is 0 Å². The first-order valence-electron chi connectivity index (χ1n) is 6.70. The van der Waals surface area contributed by atoms with Crippen LogP contribution in [0.25, 0.3) is 11.0 Å². The van der Waals surface area contributed by atoms with Crippen LogP contribution in [-0.2, 0) is 7.05 Å². The predicted octanol–water partition coefficient (Wildman–Crippen LogP) is 3.63. The largest absolute Gasteiger partial charge is 0.573 e. The summed E-state index contributed by atoms with van der Waals surface area (Å²) in [7, 11) is 3.66. The Morgan fingerprint density at radius 3 is 2.48 bits per heavy atom. The molecule has 3 rings (SSSR count). The Labute approximate surface area is 129 Å². The molecule has 0 saturated carbocycles. The van der Waals surface area contributed by atoms with E-state index < -0.39 is 6.36 Å². The smallest absolute Gasteiger partial charge is 0.406 e. The van der Waals surface area contributed by atoms with Crippen molar-refractivity contribution in [2.75, 3.05) is 11.9 Å². The van der Waals surface area contributed by atoms with Crippen LogP contribution in [0.3, 0.4) is 0 Å². The Morgan fingerprint density at radius 2 is 1.83 bits per heavy atom. The molecule has 0 aliphatic rings. The van der Waals surface area contributed by atoms with Crippen LogP contribution in [0.4, 0.5) is 24.7 Å². The molecule has 0 atom stereocenters. The molecule has 0 saturated heterocycles. The van der Waals surface area contributed by atoms with Crippen LogP contribution in [0.5, 0.6) is 5.75 Å². The average molecular weight is 322 g/mol. The minimum absolute atomic E-state index is 0.260. The van der Waals surface area contributed by atoms with Crippen LogP contribution < -0.4 is 9.64 Å². The van der Waals surface area contributed by atoms with E-state index in [0.717, 1.165) is 11.0 Å². The molecule has 0 radical (unpaired) electrons. The van der Waals surface area contributed by atoms with Gasteiger partial charge in [-0.2, -0.15) is 0 Å². The quantitative estimate of drug-likeness (QED) is 0.738. The minimum atomic E-state index is -4.69. The molecule has 5 nitrogen and oxygen atoms in total. The van der Waals surface area contributed by atoms with E-state index in [1.165, 1.54) is 24.3 Å². The lowest BCUT2D eigenvalue weighted by atomic mass is 10.2. The van der Waals surface area contributed by atoms with Crippen LogP contribution in [0, 0.1) is 0 Å². The molecule has 23 heavy (non-hydrogen) atoms. The molecule has 0 aliphatic carbocycles. The SMILES string of the molecule is CN(c1ccc(OC(F)(F)F)cc1)c1cc2c(cn1)ncn2C. The number of anilines is 2. The van der Waals surface area contributed by atoms with Gasteiger partial charge in [-0.3, -0.25) is 0 Å². The van der Waals surface area contributed by atoms with Crippen molar-refractivity contribution in [3.63, 3.8) is 0 Å². The van der Waals surface area contributed by atoms with E-state index in [1.807, 2.05) is 17.7 Å². The topological polar surface area (TPSA) is 43.2 Å². The maximum Gasteiger partial charge on any atom is 0.573 e. The van der Waals surface area contributed by atoms with Crippen LogP contribution >= 0.6 is 0 Å². The van der Waals surface area contributed by atoms with Crippen LogP contribution in [0.1, 0.15) is 0 Å². The molecule has 3 aromatic rings. The first-order valence-corrected chi connectivity index (χ1v) is 6.70. The van der Waals surface area contributed by atoms with Crippen molar-refractivity contribution in [3.05, 3.63) is 42.9 Å². The van der Waals surface area contributed by atoms with Crippen LogP contribution in [0.2, 0.25) is 0 Å². The second-order valence-corrected chi connectivity index (χ2v) is 4.99. The lowest BCUT2D eigenvalue weighted by Gasteiger charge is -2.19. The van der Waals surface area contributed by atoms with Gasteiger partial charge in [-0.05, 0) is 24.3 Å². The number of aromatic nitrogens is 3. The highest BCUT2D eigenvalue weighted by Crippen LogP contribution is 2.28. The van der Waals surface area contributed by atoms with Crippen molar-refractivity contribution >= 4 is 22.5 Å². The molecule has 0 bridgehead atoms. The van der Waals surface area contributed by atoms with E-state index >= 15 is 0 Å². The number of aryl methyl sites for hydroxylation is 1. The summed E-state index contributed by atoms with van der Waals surface area (Å²) >= 11 is 0. The number of nitrogens with zero attached hydrogens (tertiary/aromatic N) is 4. The molecule has 0 spiro atoms. The molecule has 0 unspecified atom stereocenters. The highest BCUT2D eigenvalue weighted by atomic mass is 19.4. The zero-order chi connectivity index (χ0) is 16.6. The Morgan fingerprint density at radius 1 is 1.13 bits per heavy atom. The van der Waals surface area contributed by atoms with Gasteiger partial charge in [0.1, 0.15) is 17.1 Å². The molecule has 2 heterocycles. The van der Waals surface area contributed by atoms with E-state index in [9.17, 15) is 13.2 Å². The van der Waals surface area contributed by atoms with Crippen molar-refractivity contribution in [2.24, 2.45) is 7.05 Å². The maximum atomic E-state index is 12.2. The Kier molecular flexibility index (Phi) is 3.59. The summed E-state index contributed by atoms with van der Waals surface area (Å²) in [6.07, 6.45) is -1.35. The van der Waals surface area contributed by atoms with Gasteiger partial charge in [0, 0.05) is 25.8 Å². The van der Waals surface area contributed by atoms with Gasteiger partial charge in [-0.25, -0.2) is 9.97 Å². The first kappa shape index (κ1) is 15.1. The number of benzene rings is 1. The van der Waals surface area contributed by atoms with Gasteiger partial charge in [0.25, 0.3) is 0 Å². The summed E-state index contributed by atoms with van der Waals surface area (Å²) in [6, 6.07) is 7.47. The number of pyridine rings is 1. The number of fused-ring (bicyclic) bond motifs is 1. The number of imidazole rings is 1. The summed E-state index contributed by atoms with van der Waals surface area (Å²) in [4.78, 5) is 10.3. The summed E-state index contributed by atoms with van der Waals surface area (Å²) < 4.78 is 42.2. The molecule has 0 fully saturated rings. The summed E-state index contributed by atoms with van der Waals surface area (Å²) in [5.74, 6) is 0.398. The zero-order valence-electron chi connectivity index (χ0n) is 12.4. The fourth-order valence-corrected chi connectivity index (χ4v) is 2.21. The van der Waals surface area contributed by atoms with Gasteiger partial charge >= 0.3 is 6.36 Å². The number of alkyl halides is 3. The summed E-state index contributed by atoms with van der Waals surface area (Å²) in [6.45, 7) is 0. The number of halogens is 3. The van der Waals surface area contributed by atoms with Crippen LogP contribution in [-0.4, -0.2) is 27.9 Å². The van der Waals surface area contributed by atoms with Gasteiger partial charge < -0.3 is 14.2 Å². The molecular weight excluding hydrogens is 309 g/mol. The van der Waals surface area contributed by atoms with Crippen molar-refractivity contribution in [3.8, 4) is 5.75 Å². The van der Waals surface area contributed by atoms with Crippen LogP contribution in [0.15, 0.2) is 42.9 Å². The molecule has 0 amide bonds. The third-order valence-corrected chi connectivity index (χ3v) is 3.40. The molecule has 8 heteroatoms.